The van der Waals surface area contributed by atoms with Gasteiger partial charge in [-0.05, 0) is 12.2 Å². The van der Waals surface area contributed by atoms with Crippen molar-refractivity contribution in [2.45, 2.75) is 11.0 Å². The van der Waals surface area contributed by atoms with E-state index in [1.165, 1.54) is 12.2 Å². The van der Waals surface area contributed by atoms with E-state index in [0.717, 1.165) is 6.08 Å². The Hall–Kier alpha value is -0.400. The lowest BCUT2D eigenvalue weighted by molar-refractivity contribution is 0.179. The zero-order chi connectivity index (χ0) is 10.3. The van der Waals surface area contributed by atoms with Gasteiger partial charge in [-0.25, -0.2) is 0 Å². The van der Waals surface area contributed by atoms with Gasteiger partial charge < -0.3 is 10.8 Å². The van der Waals surface area contributed by atoms with Crippen molar-refractivity contribution in [1.82, 2.24) is 0 Å². The van der Waals surface area contributed by atoms with Gasteiger partial charge in [0.1, 0.15) is 6.10 Å². The molecule has 0 radical (unpaired) electrons. The lowest BCUT2D eigenvalue weighted by atomic mass is 10.1. The Morgan fingerprint density at radius 2 is 2.15 bits per heavy atom. The van der Waals surface area contributed by atoms with Crippen molar-refractivity contribution in [3.8, 4) is 0 Å². The van der Waals surface area contributed by atoms with Gasteiger partial charge >= 0.3 is 0 Å². The highest BCUT2D eigenvalue weighted by atomic mass is 35.5. The molecular weight excluding hydrogens is 218 g/mol. The van der Waals surface area contributed by atoms with Crippen LogP contribution in [0.2, 0.25) is 0 Å². The third kappa shape index (κ3) is 1.63. The summed E-state index contributed by atoms with van der Waals surface area (Å²) in [5, 5.41) is 9.18. The van der Waals surface area contributed by atoms with Crippen LogP contribution in [0.25, 0.3) is 0 Å². The van der Waals surface area contributed by atoms with Crippen molar-refractivity contribution < 1.29 is 18.1 Å². The number of aliphatic hydroxyl groups is 1. The average molecular weight is 226 g/mol. The van der Waals surface area contributed by atoms with Crippen LogP contribution in [0.4, 0.5) is 0 Å². The maximum Gasteiger partial charge on any atom is 0.290 e. The first kappa shape index (κ1) is 10.7. The van der Waals surface area contributed by atoms with E-state index in [1.54, 1.807) is 0 Å². The van der Waals surface area contributed by atoms with Gasteiger partial charge in [0.25, 0.3) is 10.1 Å². The predicted molar refractivity (Wildman–Crippen MR) is 47.5 cm³/mol. The molecule has 2 unspecified atom stereocenters. The van der Waals surface area contributed by atoms with Gasteiger partial charge in [-0.15, -0.1) is 0 Å². The largest absolute Gasteiger partial charge is 0.384 e. The fourth-order valence-corrected chi connectivity index (χ4v) is 1.89. The fraction of sp³-hybridized carbons (Fsp3) is 0.333. The molecule has 13 heavy (non-hydrogen) atoms. The average Bonchev–Trinajstić information content (AvgIpc) is 1.98. The normalized spacial score (nSPS) is 34.5. The second-order valence-electron chi connectivity index (χ2n) is 2.64. The van der Waals surface area contributed by atoms with Crippen molar-refractivity contribution in [3.05, 3.63) is 23.3 Å². The van der Waals surface area contributed by atoms with Gasteiger partial charge in [-0.3, -0.25) is 4.55 Å². The van der Waals surface area contributed by atoms with E-state index in [9.17, 15) is 13.5 Å². The molecule has 0 heterocycles. The summed E-state index contributed by atoms with van der Waals surface area (Å²) in [7, 11) is -4.59. The Morgan fingerprint density at radius 1 is 1.62 bits per heavy atom. The Morgan fingerprint density at radius 3 is 2.54 bits per heavy atom. The minimum Gasteiger partial charge on any atom is -0.384 e. The number of aliphatic hydroxyl groups excluding tert-OH is 1. The van der Waals surface area contributed by atoms with Crippen molar-refractivity contribution in [2.75, 3.05) is 0 Å². The third-order valence-electron chi connectivity index (χ3n) is 1.75. The van der Waals surface area contributed by atoms with Gasteiger partial charge in [0.05, 0.1) is 0 Å². The summed E-state index contributed by atoms with van der Waals surface area (Å²) >= 11 is 5.46. The highest BCUT2D eigenvalue weighted by Crippen LogP contribution is 2.27. The Balaban J connectivity index is 3.23. The van der Waals surface area contributed by atoms with Gasteiger partial charge in [-0.1, -0.05) is 17.7 Å². The molecule has 7 heteroatoms. The number of hydrogen-bond donors (Lipinski definition) is 3. The summed E-state index contributed by atoms with van der Waals surface area (Å²) in [6.45, 7) is 0. The van der Waals surface area contributed by atoms with E-state index in [1.807, 2.05) is 0 Å². The second-order valence-corrected chi connectivity index (χ2v) is 4.74. The van der Waals surface area contributed by atoms with Gasteiger partial charge in [0.2, 0.25) is 0 Å². The highest BCUT2D eigenvalue weighted by molar-refractivity contribution is 7.87. The quantitative estimate of drug-likeness (QED) is 0.527. The van der Waals surface area contributed by atoms with Crippen LogP contribution in [0, 0.1) is 0 Å². The number of rotatable bonds is 1. The van der Waals surface area contributed by atoms with E-state index in [2.05, 4.69) is 0 Å². The number of allylic oxidation sites excluding steroid dienone is 2. The lowest BCUT2D eigenvalue weighted by Crippen LogP contribution is -2.56. The summed E-state index contributed by atoms with van der Waals surface area (Å²) < 4.78 is 30.3. The second kappa shape index (κ2) is 3.07. The van der Waals surface area contributed by atoms with Crippen LogP contribution in [0.3, 0.4) is 0 Å². The van der Waals surface area contributed by atoms with Gasteiger partial charge in [0, 0.05) is 5.03 Å². The lowest BCUT2D eigenvalue weighted by Gasteiger charge is -2.29. The summed E-state index contributed by atoms with van der Waals surface area (Å²) in [6.07, 6.45) is 1.87. The summed E-state index contributed by atoms with van der Waals surface area (Å²) in [5.41, 5.74) is 5.27. The molecule has 0 saturated heterocycles. The SMILES string of the molecule is NC1(S(=O)(=O)O)C=CC=C(Cl)C1O. The zero-order valence-corrected chi connectivity index (χ0v) is 7.96. The summed E-state index contributed by atoms with van der Waals surface area (Å²) in [6, 6.07) is 0. The van der Waals surface area contributed by atoms with Crippen LogP contribution in [0.5, 0.6) is 0 Å². The number of hydrogen-bond acceptors (Lipinski definition) is 4. The molecule has 0 aliphatic heterocycles. The molecule has 0 aromatic rings. The van der Waals surface area contributed by atoms with Crippen LogP contribution in [-0.2, 0) is 10.1 Å². The predicted octanol–water partition coefficient (Wildman–Crippen LogP) is -0.417. The van der Waals surface area contributed by atoms with E-state index in [0.29, 0.717) is 0 Å². The molecule has 4 N–H and O–H groups in total. The molecule has 0 spiro atoms. The molecule has 1 aliphatic carbocycles. The van der Waals surface area contributed by atoms with Gasteiger partial charge in [0.15, 0.2) is 4.87 Å². The van der Waals surface area contributed by atoms with Gasteiger partial charge in [-0.2, -0.15) is 8.42 Å². The number of nitrogens with two attached hydrogens (primary N) is 1. The van der Waals surface area contributed by atoms with Crippen molar-refractivity contribution in [1.29, 1.82) is 0 Å². The van der Waals surface area contributed by atoms with Crippen LogP contribution in [-0.4, -0.2) is 29.1 Å². The van der Waals surface area contributed by atoms with E-state index in [-0.39, 0.29) is 5.03 Å². The smallest absolute Gasteiger partial charge is 0.290 e. The monoisotopic (exact) mass is 225 g/mol. The molecule has 0 bridgehead atoms. The first-order chi connectivity index (χ1) is 5.79. The zero-order valence-electron chi connectivity index (χ0n) is 6.38. The Labute approximate surface area is 80.2 Å². The molecule has 0 aromatic heterocycles. The minimum absolute atomic E-state index is 0.136. The molecule has 1 rings (SSSR count). The topological polar surface area (TPSA) is 101 Å². The fourth-order valence-electron chi connectivity index (χ4n) is 0.915. The van der Waals surface area contributed by atoms with Crippen LogP contribution >= 0.6 is 11.6 Å². The first-order valence-corrected chi connectivity index (χ1v) is 5.10. The third-order valence-corrected chi connectivity index (χ3v) is 3.33. The van der Waals surface area contributed by atoms with Crippen LogP contribution < -0.4 is 5.73 Å². The first-order valence-electron chi connectivity index (χ1n) is 3.28. The maximum absolute atomic E-state index is 10.8. The van der Waals surface area contributed by atoms with Crippen molar-refractivity contribution in [3.63, 3.8) is 0 Å². The maximum atomic E-state index is 10.8. The molecule has 1 aliphatic rings. The molecule has 5 nitrogen and oxygen atoms in total. The van der Waals surface area contributed by atoms with E-state index >= 15 is 0 Å². The Bertz CT molecular complexity index is 374. The molecule has 0 fully saturated rings. The minimum atomic E-state index is -4.59. The Kier molecular flexibility index (Phi) is 2.52. The molecule has 0 saturated carbocycles. The molecule has 0 aromatic carbocycles. The molecular formula is C6H8ClNO4S. The standard InChI is InChI=1S/C6H8ClNO4S/c7-4-2-1-3-6(8,5(4)9)13(10,11)12/h1-3,5,9H,8H2,(H,10,11,12). The summed E-state index contributed by atoms with van der Waals surface area (Å²) in [5.74, 6) is 0. The van der Waals surface area contributed by atoms with Crippen LogP contribution in [0.1, 0.15) is 0 Å². The van der Waals surface area contributed by atoms with Crippen molar-refractivity contribution in [2.24, 2.45) is 5.73 Å². The highest BCUT2D eigenvalue weighted by Gasteiger charge is 2.46. The summed E-state index contributed by atoms with van der Waals surface area (Å²) in [4.78, 5) is -2.25. The molecule has 74 valence electrons. The number of halogens is 1. The molecule has 2 atom stereocenters. The van der Waals surface area contributed by atoms with E-state index < -0.39 is 21.1 Å². The van der Waals surface area contributed by atoms with Crippen LogP contribution in [0.15, 0.2) is 23.3 Å². The van der Waals surface area contributed by atoms with E-state index in [4.69, 9.17) is 21.9 Å². The van der Waals surface area contributed by atoms with Crippen molar-refractivity contribution >= 4 is 21.7 Å². The molecule has 0 amide bonds.